The number of amides is 1. The third-order valence-corrected chi connectivity index (χ3v) is 9.55. The zero-order valence-corrected chi connectivity index (χ0v) is 16.4. The van der Waals surface area contributed by atoms with Crippen LogP contribution in [-0.4, -0.2) is 35.5 Å². The number of aliphatic hydroxyl groups is 1. The first kappa shape index (κ1) is 18.0. The first-order chi connectivity index (χ1) is 12.1. The van der Waals surface area contributed by atoms with Crippen molar-refractivity contribution in [2.24, 2.45) is 22.7 Å². The van der Waals surface area contributed by atoms with Crippen molar-refractivity contribution in [2.45, 2.75) is 52.2 Å². The largest absolute Gasteiger partial charge is 0.388 e. The highest BCUT2D eigenvalue weighted by atomic mass is 32.2. The molecule has 1 amide bonds. The Balaban J connectivity index is 1.66. The van der Waals surface area contributed by atoms with E-state index in [-0.39, 0.29) is 22.6 Å². The molecule has 1 aromatic rings. The fourth-order valence-electron chi connectivity index (χ4n) is 5.85. The second kappa shape index (κ2) is 5.55. The summed E-state index contributed by atoms with van der Waals surface area (Å²) in [5, 5.41) is 10.6. The highest BCUT2D eigenvalue weighted by Gasteiger charge is 2.72. The van der Waals surface area contributed by atoms with E-state index < -0.39 is 28.0 Å². The summed E-state index contributed by atoms with van der Waals surface area (Å²) in [5.41, 5.74) is 0.234. The van der Waals surface area contributed by atoms with E-state index in [1.807, 2.05) is 6.07 Å². The van der Waals surface area contributed by atoms with Crippen molar-refractivity contribution < 1.29 is 18.3 Å². The number of carbonyl (C=O) groups is 1. The second-order valence-electron chi connectivity index (χ2n) is 8.90. The average Bonchev–Trinajstić information content (AvgIpc) is 3.08. The summed E-state index contributed by atoms with van der Waals surface area (Å²) >= 11 is 0. The predicted octanol–water partition coefficient (Wildman–Crippen LogP) is 2.72. The van der Waals surface area contributed by atoms with Gasteiger partial charge in [-0.1, -0.05) is 51.1 Å². The van der Waals surface area contributed by atoms with Crippen LogP contribution in [0.5, 0.6) is 0 Å². The topological polar surface area (TPSA) is 74.7 Å². The molecule has 5 nitrogen and oxygen atoms in total. The van der Waals surface area contributed by atoms with Crippen molar-refractivity contribution in [3.8, 4) is 0 Å². The first-order valence-corrected chi connectivity index (χ1v) is 11.0. The van der Waals surface area contributed by atoms with E-state index in [2.05, 4.69) is 13.8 Å². The maximum absolute atomic E-state index is 13.2. The van der Waals surface area contributed by atoms with Gasteiger partial charge in [-0.05, 0) is 36.2 Å². The molecular weight excluding hydrogens is 350 g/mol. The van der Waals surface area contributed by atoms with E-state index in [1.165, 1.54) is 0 Å². The molecule has 1 aliphatic heterocycles. The van der Waals surface area contributed by atoms with Gasteiger partial charge in [0.15, 0.2) is 0 Å². The average molecular weight is 378 g/mol. The first-order valence-electron chi connectivity index (χ1n) is 9.41. The van der Waals surface area contributed by atoms with E-state index in [0.29, 0.717) is 11.5 Å². The third-order valence-electron chi connectivity index (χ3n) is 7.63. The molecule has 3 fully saturated rings. The zero-order chi connectivity index (χ0) is 18.9. The molecule has 6 heteroatoms. The monoisotopic (exact) mass is 377 g/mol. The Labute approximate surface area is 155 Å². The SMILES string of the molecule is C[C@@H](C(=O)N1[C@@H]2C[C@H]3CC[C@]2(CS1(=O)=O)C3(C)C)[C@@H](O)c1ccccc1. The Kier molecular flexibility index (Phi) is 3.84. The molecule has 2 aliphatic carbocycles. The van der Waals surface area contributed by atoms with E-state index >= 15 is 0 Å². The van der Waals surface area contributed by atoms with E-state index in [0.717, 1.165) is 23.6 Å². The number of benzene rings is 1. The van der Waals surface area contributed by atoms with E-state index in [4.69, 9.17) is 0 Å². The lowest BCUT2D eigenvalue weighted by Gasteiger charge is -2.37. The molecule has 142 valence electrons. The van der Waals surface area contributed by atoms with Gasteiger partial charge in [0.1, 0.15) is 0 Å². The molecule has 1 saturated heterocycles. The van der Waals surface area contributed by atoms with Crippen molar-refractivity contribution in [3.63, 3.8) is 0 Å². The van der Waals surface area contributed by atoms with Crippen LogP contribution in [0, 0.1) is 22.7 Å². The molecule has 1 aromatic carbocycles. The van der Waals surface area contributed by atoms with Crippen LogP contribution in [0.1, 0.15) is 51.7 Å². The van der Waals surface area contributed by atoms with Crippen molar-refractivity contribution in [2.75, 3.05) is 5.75 Å². The second-order valence-corrected chi connectivity index (χ2v) is 10.7. The quantitative estimate of drug-likeness (QED) is 0.879. The third kappa shape index (κ3) is 2.18. The normalized spacial score (nSPS) is 35.9. The molecule has 5 atom stereocenters. The van der Waals surface area contributed by atoms with Gasteiger partial charge in [0.05, 0.1) is 23.8 Å². The van der Waals surface area contributed by atoms with Crippen LogP contribution < -0.4 is 0 Å². The molecule has 1 heterocycles. The number of hydrogen-bond acceptors (Lipinski definition) is 4. The molecular formula is C20H27NO4S. The Morgan fingerprint density at radius 2 is 1.92 bits per heavy atom. The van der Waals surface area contributed by atoms with Crippen LogP contribution in [0.4, 0.5) is 0 Å². The molecule has 1 N–H and O–H groups in total. The highest BCUT2D eigenvalue weighted by molar-refractivity contribution is 7.90. The number of aliphatic hydroxyl groups excluding tert-OH is 1. The summed E-state index contributed by atoms with van der Waals surface area (Å²) in [6, 6.07) is 8.71. The van der Waals surface area contributed by atoms with Crippen LogP contribution >= 0.6 is 0 Å². The molecule has 4 rings (SSSR count). The molecule has 2 saturated carbocycles. The van der Waals surface area contributed by atoms with Crippen LogP contribution in [-0.2, 0) is 14.8 Å². The molecule has 0 aromatic heterocycles. The van der Waals surface area contributed by atoms with Gasteiger partial charge in [0.25, 0.3) is 0 Å². The van der Waals surface area contributed by atoms with Crippen molar-refractivity contribution in [1.82, 2.24) is 4.31 Å². The lowest BCUT2D eigenvalue weighted by molar-refractivity contribution is -0.136. The number of fused-ring (bicyclic) bond motifs is 1. The number of hydrogen-bond donors (Lipinski definition) is 1. The smallest absolute Gasteiger partial charge is 0.242 e. The lowest BCUT2D eigenvalue weighted by Crippen LogP contribution is -2.46. The summed E-state index contributed by atoms with van der Waals surface area (Å²) in [5.74, 6) is -0.738. The number of nitrogens with zero attached hydrogens (tertiary/aromatic N) is 1. The maximum atomic E-state index is 13.2. The molecule has 1 spiro atoms. The highest BCUT2D eigenvalue weighted by Crippen LogP contribution is 2.70. The van der Waals surface area contributed by atoms with Crippen LogP contribution in [0.25, 0.3) is 0 Å². The number of carbonyl (C=O) groups excluding carboxylic acids is 1. The van der Waals surface area contributed by atoms with Crippen LogP contribution in [0.15, 0.2) is 30.3 Å². The summed E-state index contributed by atoms with van der Waals surface area (Å²) in [4.78, 5) is 13.2. The van der Waals surface area contributed by atoms with Crippen molar-refractivity contribution >= 4 is 15.9 Å². The Hall–Kier alpha value is -1.40. The summed E-state index contributed by atoms with van der Waals surface area (Å²) < 4.78 is 27.1. The number of sulfonamides is 1. The summed E-state index contributed by atoms with van der Waals surface area (Å²) in [6.45, 7) is 5.95. The summed E-state index contributed by atoms with van der Waals surface area (Å²) in [6.07, 6.45) is 1.66. The van der Waals surface area contributed by atoms with Crippen LogP contribution in [0.3, 0.4) is 0 Å². The Morgan fingerprint density at radius 3 is 2.54 bits per heavy atom. The lowest BCUT2D eigenvalue weighted by atomic mass is 9.69. The van der Waals surface area contributed by atoms with Gasteiger partial charge in [0, 0.05) is 5.41 Å². The predicted molar refractivity (Wildman–Crippen MR) is 98.5 cm³/mol. The molecule has 0 radical (unpaired) electrons. The fourth-order valence-corrected chi connectivity index (χ4v) is 8.47. The molecule has 3 aliphatic rings. The Bertz CT molecular complexity index is 835. The zero-order valence-electron chi connectivity index (χ0n) is 15.6. The minimum atomic E-state index is -3.65. The molecule has 0 unspecified atom stereocenters. The van der Waals surface area contributed by atoms with Gasteiger partial charge in [-0.15, -0.1) is 0 Å². The van der Waals surface area contributed by atoms with Crippen molar-refractivity contribution in [3.05, 3.63) is 35.9 Å². The molecule has 26 heavy (non-hydrogen) atoms. The molecule has 2 bridgehead atoms. The van der Waals surface area contributed by atoms with Gasteiger partial charge in [-0.2, -0.15) is 0 Å². The Morgan fingerprint density at radius 1 is 1.27 bits per heavy atom. The van der Waals surface area contributed by atoms with E-state index in [1.54, 1.807) is 31.2 Å². The maximum Gasteiger partial charge on any atom is 0.242 e. The summed E-state index contributed by atoms with van der Waals surface area (Å²) in [7, 11) is -3.65. The minimum Gasteiger partial charge on any atom is -0.388 e. The van der Waals surface area contributed by atoms with Gasteiger partial charge < -0.3 is 5.11 Å². The van der Waals surface area contributed by atoms with Gasteiger partial charge >= 0.3 is 0 Å². The van der Waals surface area contributed by atoms with Gasteiger partial charge in [-0.3, -0.25) is 4.79 Å². The minimum absolute atomic E-state index is 0.0636. The van der Waals surface area contributed by atoms with Crippen molar-refractivity contribution in [1.29, 1.82) is 0 Å². The number of rotatable bonds is 3. The standard InChI is InChI=1S/C20H27NO4S/c1-13(17(22)14-7-5-4-6-8-14)18(23)21-16-11-15-9-10-20(16,19(15,2)3)12-26(21,24)25/h4-8,13,15-17,22H,9-12H2,1-3H3/t13-,15-,16-,17-,20-/m1/s1. The van der Waals surface area contributed by atoms with Gasteiger partial charge in [-0.25, -0.2) is 12.7 Å². The van der Waals surface area contributed by atoms with E-state index in [9.17, 15) is 18.3 Å². The van der Waals surface area contributed by atoms with Gasteiger partial charge in [0.2, 0.25) is 15.9 Å². The van der Waals surface area contributed by atoms with Crippen LogP contribution in [0.2, 0.25) is 0 Å². The fraction of sp³-hybridized carbons (Fsp3) is 0.650.